The minimum atomic E-state index is -1.93. The van der Waals surface area contributed by atoms with Gasteiger partial charge in [-0.2, -0.15) is 0 Å². The van der Waals surface area contributed by atoms with E-state index in [4.69, 9.17) is 15.6 Å². The van der Waals surface area contributed by atoms with Gasteiger partial charge in [0, 0.05) is 0 Å². The summed E-state index contributed by atoms with van der Waals surface area (Å²) in [6.45, 7) is 4.91. The molecule has 0 aromatic heterocycles. The molecule has 1 aromatic carbocycles. The van der Waals surface area contributed by atoms with Gasteiger partial charge < -0.3 is 15.6 Å². The van der Waals surface area contributed by atoms with Gasteiger partial charge in [0.15, 0.2) is 5.54 Å². The first-order valence-corrected chi connectivity index (χ1v) is 6.05. The average molecular weight is 283 g/mol. The Morgan fingerprint density at radius 3 is 2.40 bits per heavy atom. The molecule has 0 unspecified atom stereocenters. The van der Waals surface area contributed by atoms with Crippen molar-refractivity contribution in [2.24, 2.45) is 5.73 Å². The van der Waals surface area contributed by atoms with Crippen molar-refractivity contribution in [2.75, 3.05) is 0 Å². The van der Waals surface area contributed by atoms with Crippen LogP contribution in [0, 0.1) is 5.82 Å². The molecule has 0 heterocycles. The third-order valence-corrected chi connectivity index (χ3v) is 2.53. The van der Waals surface area contributed by atoms with Gasteiger partial charge >= 0.3 is 11.9 Å². The van der Waals surface area contributed by atoms with Gasteiger partial charge in [-0.15, -0.1) is 0 Å². The Bertz CT molecular complexity index is 524. The molecule has 20 heavy (non-hydrogen) atoms. The van der Waals surface area contributed by atoms with Crippen molar-refractivity contribution in [2.45, 2.75) is 38.3 Å². The lowest BCUT2D eigenvalue weighted by molar-refractivity contribution is -0.165. The van der Waals surface area contributed by atoms with Gasteiger partial charge in [-0.3, -0.25) is 4.79 Å². The van der Waals surface area contributed by atoms with Gasteiger partial charge in [0.05, 0.1) is 6.42 Å². The van der Waals surface area contributed by atoms with Crippen LogP contribution in [0.5, 0.6) is 0 Å². The SMILES string of the molecule is CC(C)(C)OC(=O)[C@](N)(CC(=O)O)c1cccc(F)c1. The minimum Gasteiger partial charge on any atom is -0.481 e. The number of esters is 1. The molecule has 1 aromatic rings. The van der Waals surface area contributed by atoms with E-state index in [1.807, 2.05) is 0 Å². The van der Waals surface area contributed by atoms with E-state index >= 15 is 0 Å². The van der Waals surface area contributed by atoms with Gasteiger partial charge in [-0.25, -0.2) is 9.18 Å². The highest BCUT2D eigenvalue weighted by molar-refractivity contribution is 5.87. The van der Waals surface area contributed by atoms with E-state index in [0.29, 0.717) is 0 Å². The normalized spacial score (nSPS) is 14.4. The number of hydrogen-bond acceptors (Lipinski definition) is 4. The molecule has 6 heteroatoms. The molecule has 1 rings (SSSR count). The van der Waals surface area contributed by atoms with E-state index in [2.05, 4.69) is 0 Å². The zero-order chi connectivity index (χ0) is 15.6. The monoisotopic (exact) mass is 283 g/mol. The van der Waals surface area contributed by atoms with Crippen LogP contribution in [0.3, 0.4) is 0 Å². The maximum atomic E-state index is 13.3. The number of aliphatic carboxylic acids is 1. The highest BCUT2D eigenvalue weighted by Gasteiger charge is 2.42. The molecule has 0 aliphatic carbocycles. The number of nitrogens with two attached hydrogens (primary N) is 1. The van der Waals surface area contributed by atoms with Crippen LogP contribution in [0.15, 0.2) is 24.3 Å². The van der Waals surface area contributed by atoms with Crippen molar-refractivity contribution in [3.8, 4) is 0 Å². The van der Waals surface area contributed by atoms with Crippen molar-refractivity contribution in [1.82, 2.24) is 0 Å². The van der Waals surface area contributed by atoms with E-state index in [1.54, 1.807) is 20.8 Å². The first-order chi connectivity index (χ1) is 9.04. The Balaban J connectivity index is 3.22. The van der Waals surface area contributed by atoms with Crippen LogP contribution in [-0.4, -0.2) is 22.6 Å². The number of ether oxygens (including phenoxy) is 1. The highest BCUT2D eigenvalue weighted by atomic mass is 19.1. The van der Waals surface area contributed by atoms with E-state index in [0.717, 1.165) is 6.07 Å². The van der Waals surface area contributed by atoms with Crippen molar-refractivity contribution in [3.63, 3.8) is 0 Å². The quantitative estimate of drug-likeness (QED) is 0.822. The molecule has 0 aliphatic heterocycles. The zero-order valence-electron chi connectivity index (χ0n) is 11.6. The van der Waals surface area contributed by atoms with E-state index in [-0.39, 0.29) is 5.56 Å². The maximum Gasteiger partial charge on any atom is 0.331 e. The second-order valence-corrected chi connectivity index (χ2v) is 5.55. The van der Waals surface area contributed by atoms with Crippen LogP contribution in [0.25, 0.3) is 0 Å². The van der Waals surface area contributed by atoms with E-state index < -0.39 is 35.3 Å². The van der Waals surface area contributed by atoms with Crippen molar-refractivity contribution in [1.29, 1.82) is 0 Å². The molecule has 0 bridgehead atoms. The van der Waals surface area contributed by atoms with Crippen molar-refractivity contribution >= 4 is 11.9 Å². The number of carboxylic acid groups (broad SMARTS) is 1. The molecule has 0 saturated carbocycles. The fourth-order valence-electron chi connectivity index (χ4n) is 1.67. The predicted octanol–water partition coefficient (Wildman–Crippen LogP) is 1.80. The molecule has 110 valence electrons. The number of carboxylic acids is 1. The van der Waals surface area contributed by atoms with Gasteiger partial charge in [0.2, 0.25) is 0 Å². The fraction of sp³-hybridized carbons (Fsp3) is 0.429. The number of carbonyl (C=O) groups is 2. The summed E-state index contributed by atoms with van der Waals surface area (Å²) >= 11 is 0. The molecule has 0 amide bonds. The number of halogens is 1. The Hall–Kier alpha value is -1.95. The predicted molar refractivity (Wildman–Crippen MR) is 70.4 cm³/mol. The summed E-state index contributed by atoms with van der Waals surface area (Å²) in [7, 11) is 0. The third kappa shape index (κ3) is 4.03. The molecule has 0 spiro atoms. The lowest BCUT2D eigenvalue weighted by atomic mass is 9.87. The first-order valence-electron chi connectivity index (χ1n) is 6.05. The zero-order valence-corrected chi connectivity index (χ0v) is 11.6. The number of hydrogen-bond donors (Lipinski definition) is 2. The first kappa shape index (κ1) is 16.1. The largest absolute Gasteiger partial charge is 0.481 e. The second-order valence-electron chi connectivity index (χ2n) is 5.55. The van der Waals surface area contributed by atoms with Crippen molar-refractivity contribution < 1.29 is 23.8 Å². The molecule has 3 N–H and O–H groups in total. The Morgan fingerprint density at radius 2 is 1.95 bits per heavy atom. The lowest BCUT2D eigenvalue weighted by Crippen LogP contribution is -2.49. The third-order valence-electron chi connectivity index (χ3n) is 2.53. The molecule has 0 fully saturated rings. The summed E-state index contributed by atoms with van der Waals surface area (Å²) in [6.07, 6.45) is -0.689. The van der Waals surface area contributed by atoms with Gasteiger partial charge in [-0.1, -0.05) is 12.1 Å². The van der Waals surface area contributed by atoms with Gasteiger partial charge in [0.1, 0.15) is 11.4 Å². The van der Waals surface area contributed by atoms with Crippen LogP contribution in [0.1, 0.15) is 32.8 Å². The summed E-state index contributed by atoms with van der Waals surface area (Å²) in [5.41, 5.74) is 3.23. The molecule has 0 aliphatic rings. The lowest BCUT2D eigenvalue weighted by Gasteiger charge is -2.30. The molecule has 0 radical (unpaired) electrons. The topological polar surface area (TPSA) is 89.6 Å². The van der Waals surface area contributed by atoms with Crippen LogP contribution in [0.4, 0.5) is 4.39 Å². The number of carbonyl (C=O) groups excluding carboxylic acids is 1. The fourth-order valence-corrected chi connectivity index (χ4v) is 1.67. The summed E-state index contributed by atoms with van der Waals surface area (Å²) in [5.74, 6) is -2.79. The van der Waals surface area contributed by atoms with Gasteiger partial charge in [0.25, 0.3) is 0 Å². The molecule has 0 saturated heterocycles. The summed E-state index contributed by atoms with van der Waals surface area (Å²) in [5, 5.41) is 8.95. The van der Waals surface area contributed by atoms with E-state index in [1.165, 1.54) is 18.2 Å². The van der Waals surface area contributed by atoms with Crippen LogP contribution in [0.2, 0.25) is 0 Å². The van der Waals surface area contributed by atoms with Crippen LogP contribution in [-0.2, 0) is 19.9 Å². The summed E-state index contributed by atoms with van der Waals surface area (Å²) in [4.78, 5) is 23.2. The van der Waals surface area contributed by atoms with Crippen LogP contribution >= 0.6 is 0 Å². The smallest absolute Gasteiger partial charge is 0.331 e. The number of rotatable bonds is 4. The highest BCUT2D eigenvalue weighted by Crippen LogP contribution is 2.27. The van der Waals surface area contributed by atoms with Gasteiger partial charge in [-0.05, 0) is 38.5 Å². The molecular weight excluding hydrogens is 265 g/mol. The van der Waals surface area contributed by atoms with Crippen molar-refractivity contribution in [3.05, 3.63) is 35.6 Å². The molecule has 1 atom stereocenters. The molecule has 5 nitrogen and oxygen atoms in total. The Kier molecular flexibility index (Phi) is 4.50. The Morgan fingerprint density at radius 1 is 1.35 bits per heavy atom. The second kappa shape index (κ2) is 5.58. The maximum absolute atomic E-state index is 13.3. The molecular formula is C14H18FNO4. The standard InChI is InChI=1S/C14H18FNO4/c1-13(2,3)20-12(19)14(16,8-11(17)18)9-5-4-6-10(15)7-9/h4-7H,8,16H2,1-3H3,(H,17,18)/t14-/m0/s1. The summed E-state index contributed by atoms with van der Waals surface area (Å²) < 4.78 is 18.4. The van der Waals surface area contributed by atoms with Crippen LogP contribution < -0.4 is 5.73 Å². The van der Waals surface area contributed by atoms with E-state index in [9.17, 15) is 14.0 Å². The summed E-state index contributed by atoms with van der Waals surface area (Å²) in [6, 6.07) is 4.97. The number of benzene rings is 1. The Labute approximate surface area is 116 Å². The minimum absolute atomic E-state index is 0.0640. The average Bonchev–Trinajstić information content (AvgIpc) is 2.25.